The standard InChI is InChI=1S/C16H11FNO2Si/c17-11-5-3-4-10(8-11)9-18-13-7-2-1-6-12(13)15(21)14(18)16(19)20/h1-8H,9H2,(H,19,20). The third kappa shape index (κ3) is 2.36. The van der Waals surface area contributed by atoms with E-state index in [1.54, 1.807) is 16.7 Å². The van der Waals surface area contributed by atoms with Crippen LogP contribution in [0.25, 0.3) is 10.9 Å². The van der Waals surface area contributed by atoms with Crippen LogP contribution in [0.1, 0.15) is 16.1 Å². The molecular formula is C16H11FNO2Si. The van der Waals surface area contributed by atoms with E-state index in [0.717, 1.165) is 10.9 Å². The van der Waals surface area contributed by atoms with E-state index in [1.807, 2.05) is 24.3 Å². The summed E-state index contributed by atoms with van der Waals surface area (Å²) in [6.07, 6.45) is 0. The summed E-state index contributed by atoms with van der Waals surface area (Å²) in [7, 11) is 3.41. The predicted octanol–water partition coefficient (Wildman–Crippen LogP) is 2.32. The molecule has 0 aliphatic rings. The molecule has 0 bridgehead atoms. The molecule has 3 aromatic rings. The summed E-state index contributed by atoms with van der Waals surface area (Å²) >= 11 is 0. The second-order valence-corrected chi connectivity index (χ2v) is 5.26. The number of hydrogen-bond donors (Lipinski definition) is 1. The van der Waals surface area contributed by atoms with Crippen LogP contribution in [-0.4, -0.2) is 25.9 Å². The molecule has 3 nitrogen and oxygen atoms in total. The maximum absolute atomic E-state index is 13.3. The summed E-state index contributed by atoms with van der Waals surface area (Å²) < 4.78 is 15.0. The van der Waals surface area contributed by atoms with Gasteiger partial charge in [-0.25, -0.2) is 9.18 Å². The van der Waals surface area contributed by atoms with Gasteiger partial charge in [-0.3, -0.25) is 0 Å². The minimum atomic E-state index is -1.02. The molecule has 0 spiro atoms. The molecule has 0 atom stereocenters. The number of carbonyl (C=O) groups is 1. The normalized spacial score (nSPS) is 11.0. The number of carboxylic acid groups (broad SMARTS) is 1. The Morgan fingerprint density at radius 3 is 2.67 bits per heavy atom. The number of nitrogens with zero attached hydrogens (tertiary/aromatic N) is 1. The zero-order valence-corrected chi connectivity index (χ0v) is 12.0. The Morgan fingerprint density at radius 2 is 1.95 bits per heavy atom. The number of fused-ring (bicyclic) bond motifs is 1. The van der Waals surface area contributed by atoms with E-state index in [0.29, 0.717) is 17.3 Å². The fraction of sp³-hybridized carbons (Fsp3) is 0.0625. The van der Waals surface area contributed by atoms with Gasteiger partial charge in [0.25, 0.3) is 0 Å². The lowest BCUT2D eigenvalue weighted by Crippen LogP contribution is -2.18. The predicted molar refractivity (Wildman–Crippen MR) is 79.8 cm³/mol. The molecular weight excluding hydrogens is 285 g/mol. The molecule has 0 fully saturated rings. The van der Waals surface area contributed by atoms with E-state index >= 15 is 0 Å². The van der Waals surface area contributed by atoms with Crippen LogP contribution in [0.15, 0.2) is 48.5 Å². The first-order valence-corrected chi connectivity index (χ1v) is 6.88. The second kappa shape index (κ2) is 5.18. The van der Waals surface area contributed by atoms with Gasteiger partial charge >= 0.3 is 5.97 Å². The molecule has 1 N–H and O–H groups in total. The van der Waals surface area contributed by atoms with Crippen molar-refractivity contribution < 1.29 is 14.3 Å². The van der Waals surface area contributed by atoms with E-state index in [9.17, 15) is 14.3 Å². The average molecular weight is 296 g/mol. The van der Waals surface area contributed by atoms with Gasteiger partial charge in [-0.1, -0.05) is 30.3 Å². The first kappa shape index (κ1) is 13.6. The van der Waals surface area contributed by atoms with Crippen molar-refractivity contribution in [2.24, 2.45) is 0 Å². The summed E-state index contributed by atoms with van der Waals surface area (Å²) in [5, 5.41) is 10.8. The smallest absolute Gasteiger partial charge is 0.352 e. The van der Waals surface area contributed by atoms with Crippen molar-refractivity contribution in [3.63, 3.8) is 0 Å². The fourth-order valence-electron chi connectivity index (χ4n) is 2.51. The number of rotatable bonds is 3. The van der Waals surface area contributed by atoms with Crippen molar-refractivity contribution in [2.45, 2.75) is 6.54 Å². The van der Waals surface area contributed by atoms with E-state index in [1.165, 1.54) is 12.1 Å². The fourth-order valence-corrected chi connectivity index (χ4v) is 2.96. The lowest BCUT2D eigenvalue weighted by molar-refractivity contribution is 0.0688. The summed E-state index contributed by atoms with van der Waals surface area (Å²) in [5.41, 5.74) is 1.67. The van der Waals surface area contributed by atoms with Gasteiger partial charge in [0, 0.05) is 12.1 Å². The molecule has 103 valence electrons. The van der Waals surface area contributed by atoms with Crippen molar-refractivity contribution in [1.82, 2.24) is 4.57 Å². The van der Waals surface area contributed by atoms with Gasteiger partial charge in [-0.2, -0.15) is 0 Å². The van der Waals surface area contributed by atoms with Gasteiger partial charge in [0.05, 0.1) is 10.2 Å². The molecule has 5 heteroatoms. The largest absolute Gasteiger partial charge is 0.477 e. The third-order valence-electron chi connectivity index (χ3n) is 3.40. The highest BCUT2D eigenvalue weighted by atomic mass is 28.1. The maximum atomic E-state index is 13.3. The van der Waals surface area contributed by atoms with Crippen LogP contribution in [0.2, 0.25) is 0 Å². The van der Waals surface area contributed by atoms with Gasteiger partial charge in [0.1, 0.15) is 11.5 Å². The minimum Gasteiger partial charge on any atom is -0.477 e. The second-order valence-electron chi connectivity index (χ2n) is 4.76. The minimum absolute atomic E-state index is 0.164. The Hall–Kier alpha value is -2.40. The van der Waals surface area contributed by atoms with Gasteiger partial charge in [-0.15, -0.1) is 0 Å². The summed E-state index contributed by atoms with van der Waals surface area (Å²) in [6, 6.07) is 13.6. The molecule has 1 aromatic heterocycles. The zero-order valence-electron chi connectivity index (χ0n) is 11.0. The average Bonchev–Trinajstić information content (AvgIpc) is 2.73. The van der Waals surface area contributed by atoms with Crippen LogP contribution in [0.4, 0.5) is 4.39 Å². The number of hydrogen-bond acceptors (Lipinski definition) is 1. The van der Waals surface area contributed by atoms with E-state index in [2.05, 4.69) is 10.2 Å². The van der Waals surface area contributed by atoms with Crippen LogP contribution >= 0.6 is 0 Å². The van der Waals surface area contributed by atoms with E-state index in [4.69, 9.17) is 0 Å². The first-order valence-electron chi connectivity index (χ1n) is 6.38. The van der Waals surface area contributed by atoms with Crippen LogP contribution < -0.4 is 5.19 Å². The molecule has 3 rings (SSSR count). The molecule has 21 heavy (non-hydrogen) atoms. The van der Waals surface area contributed by atoms with Crippen molar-refractivity contribution in [3.8, 4) is 0 Å². The Balaban J connectivity index is 2.21. The summed E-state index contributed by atoms with van der Waals surface area (Å²) in [5.74, 6) is -1.35. The quantitative estimate of drug-likeness (QED) is 0.754. The third-order valence-corrected chi connectivity index (χ3v) is 3.91. The molecule has 0 amide bonds. The number of benzene rings is 2. The number of aromatic nitrogens is 1. The van der Waals surface area contributed by atoms with Crippen LogP contribution in [-0.2, 0) is 6.54 Å². The summed E-state index contributed by atoms with van der Waals surface area (Å²) in [6.45, 7) is 0.296. The maximum Gasteiger partial charge on any atom is 0.352 e. The Kier molecular flexibility index (Phi) is 3.35. The van der Waals surface area contributed by atoms with Crippen molar-refractivity contribution in [3.05, 3.63) is 65.6 Å². The molecule has 2 aromatic carbocycles. The van der Waals surface area contributed by atoms with E-state index in [-0.39, 0.29) is 11.5 Å². The van der Waals surface area contributed by atoms with Crippen LogP contribution in [0, 0.1) is 5.82 Å². The van der Waals surface area contributed by atoms with Gasteiger partial charge in [0.15, 0.2) is 0 Å². The van der Waals surface area contributed by atoms with Gasteiger partial charge in [0.2, 0.25) is 0 Å². The highest BCUT2D eigenvalue weighted by Gasteiger charge is 2.19. The number of para-hydroxylation sites is 1. The zero-order chi connectivity index (χ0) is 15.0. The molecule has 1 heterocycles. The molecule has 0 aliphatic heterocycles. The highest BCUT2D eigenvalue weighted by molar-refractivity contribution is 6.42. The highest BCUT2D eigenvalue weighted by Crippen LogP contribution is 2.19. The SMILES string of the molecule is O=C(O)c1c([Si])c2ccccc2n1Cc1cccc(F)c1. The molecule has 3 radical (unpaired) electrons. The molecule has 0 unspecified atom stereocenters. The molecule has 0 saturated heterocycles. The lowest BCUT2D eigenvalue weighted by atomic mass is 10.2. The van der Waals surface area contributed by atoms with Crippen LogP contribution in [0.5, 0.6) is 0 Å². The van der Waals surface area contributed by atoms with Crippen molar-refractivity contribution in [2.75, 3.05) is 0 Å². The number of carboxylic acids is 1. The summed E-state index contributed by atoms with van der Waals surface area (Å²) in [4.78, 5) is 11.5. The molecule has 0 saturated carbocycles. The Bertz CT molecular complexity index is 841. The van der Waals surface area contributed by atoms with Crippen molar-refractivity contribution in [1.29, 1.82) is 0 Å². The van der Waals surface area contributed by atoms with E-state index < -0.39 is 5.97 Å². The monoisotopic (exact) mass is 296 g/mol. The lowest BCUT2D eigenvalue weighted by Gasteiger charge is -2.09. The Morgan fingerprint density at radius 1 is 1.19 bits per heavy atom. The number of halogens is 1. The molecule has 0 aliphatic carbocycles. The van der Waals surface area contributed by atoms with Gasteiger partial charge in [-0.05, 0) is 34.3 Å². The number of aromatic carboxylic acids is 1. The Labute approximate surface area is 124 Å². The first-order chi connectivity index (χ1) is 10.1. The van der Waals surface area contributed by atoms with Crippen LogP contribution in [0.3, 0.4) is 0 Å². The van der Waals surface area contributed by atoms with Crippen molar-refractivity contribution >= 4 is 32.3 Å². The topological polar surface area (TPSA) is 42.2 Å². The van der Waals surface area contributed by atoms with Gasteiger partial charge < -0.3 is 9.67 Å².